The molecule has 1 fully saturated rings. The van der Waals surface area contributed by atoms with Crippen LogP contribution in [0.4, 0.5) is 0 Å². The summed E-state index contributed by atoms with van der Waals surface area (Å²) < 4.78 is 0. The number of nitrogens with two attached hydrogens (primary N) is 1. The summed E-state index contributed by atoms with van der Waals surface area (Å²) in [5.41, 5.74) is 8.94. The van der Waals surface area contributed by atoms with E-state index in [0.717, 1.165) is 0 Å². The fourth-order valence-electron chi connectivity index (χ4n) is 2.27. The maximum absolute atomic E-state index is 6.46. The molecule has 2 N–H and O–H groups in total. The molecule has 0 bridgehead atoms. The van der Waals surface area contributed by atoms with Crippen LogP contribution in [0.5, 0.6) is 0 Å². The molecule has 0 saturated carbocycles. The molecule has 1 aromatic rings. The predicted octanol–water partition coefficient (Wildman–Crippen LogP) is 3.02. The van der Waals surface area contributed by atoms with Gasteiger partial charge in [0.25, 0.3) is 0 Å². The molecule has 17 heavy (non-hydrogen) atoms. The Morgan fingerprint density at radius 3 is 2.94 bits per heavy atom. The van der Waals surface area contributed by atoms with Crippen LogP contribution in [0.3, 0.4) is 0 Å². The molecular weight excluding hydrogens is 248 g/mol. The zero-order valence-corrected chi connectivity index (χ0v) is 12.1. The van der Waals surface area contributed by atoms with Gasteiger partial charge in [0.2, 0.25) is 0 Å². The van der Waals surface area contributed by atoms with Gasteiger partial charge in [-0.1, -0.05) is 6.92 Å². The van der Waals surface area contributed by atoms with E-state index in [0.29, 0.717) is 10.5 Å². The highest BCUT2D eigenvalue weighted by Gasteiger charge is 2.31. The molecule has 94 valence electrons. The quantitative estimate of drug-likeness (QED) is 0.914. The maximum atomic E-state index is 6.46. The third-order valence-corrected chi connectivity index (χ3v) is 6.66. The molecular formula is C13H20N2S2. The summed E-state index contributed by atoms with van der Waals surface area (Å²) in [5.74, 6) is 2.48. The van der Waals surface area contributed by atoms with Crippen LogP contribution < -0.4 is 5.73 Å². The Balaban J connectivity index is 2.18. The molecule has 0 spiro atoms. The first-order valence-corrected chi connectivity index (χ1v) is 8.23. The van der Waals surface area contributed by atoms with Gasteiger partial charge in [0, 0.05) is 40.4 Å². The van der Waals surface area contributed by atoms with Crippen molar-refractivity contribution in [2.45, 2.75) is 36.8 Å². The average molecular weight is 268 g/mol. The van der Waals surface area contributed by atoms with Gasteiger partial charge in [0.15, 0.2) is 0 Å². The van der Waals surface area contributed by atoms with E-state index in [1.54, 1.807) is 0 Å². The van der Waals surface area contributed by atoms with E-state index in [1.165, 1.54) is 29.1 Å². The van der Waals surface area contributed by atoms with Crippen molar-refractivity contribution in [2.75, 3.05) is 11.5 Å². The second kappa shape index (κ2) is 6.12. The molecule has 3 atom stereocenters. The predicted molar refractivity (Wildman–Crippen MR) is 78.7 cm³/mol. The molecule has 2 rings (SSSR count). The maximum Gasteiger partial charge on any atom is 0.0444 e. The van der Waals surface area contributed by atoms with Crippen LogP contribution >= 0.6 is 23.5 Å². The molecule has 3 unspecified atom stereocenters. The standard InChI is InChI=1S/C13H20N2S2/c1-3-11-13(17-7-6-16-11)12(14)10-8-15-5-4-9(10)2/h4-5,8,11-13H,3,6-7,14H2,1-2H3. The lowest BCUT2D eigenvalue weighted by Crippen LogP contribution is -2.35. The Morgan fingerprint density at radius 1 is 1.47 bits per heavy atom. The largest absolute Gasteiger partial charge is 0.323 e. The van der Waals surface area contributed by atoms with Gasteiger partial charge in [0.05, 0.1) is 0 Å². The van der Waals surface area contributed by atoms with E-state index < -0.39 is 0 Å². The van der Waals surface area contributed by atoms with Crippen molar-refractivity contribution in [2.24, 2.45) is 5.73 Å². The van der Waals surface area contributed by atoms with Gasteiger partial charge in [0.1, 0.15) is 0 Å². The van der Waals surface area contributed by atoms with Crippen molar-refractivity contribution < 1.29 is 0 Å². The van der Waals surface area contributed by atoms with E-state index in [1.807, 2.05) is 24.2 Å². The highest BCUT2D eigenvalue weighted by atomic mass is 32.2. The number of aromatic nitrogens is 1. The summed E-state index contributed by atoms with van der Waals surface area (Å²) in [4.78, 5) is 4.22. The lowest BCUT2D eigenvalue weighted by molar-refractivity contribution is 0.625. The fraction of sp³-hybridized carbons (Fsp3) is 0.615. The first kappa shape index (κ1) is 13.2. The minimum atomic E-state index is 0.117. The Kier molecular flexibility index (Phi) is 4.77. The van der Waals surface area contributed by atoms with Crippen molar-refractivity contribution in [3.63, 3.8) is 0 Å². The lowest BCUT2D eigenvalue weighted by atomic mass is 9.99. The van der Waals surface area contributed by atoms with Gasteiger partial charge in [-0.15, -0.1) is 0 Å². The molecule has 1 aromatic heterocycles. The molecule has 2 heterocycles. The molecule has 1 aliphatic heterocycles. The topological polar surface area (TPSA) is 38.9 Å². The van der Waals surface area contributed by atoms with Crippen molar-refractivity contribution in [3.05, 3.63) is 29.6 Å². The minimum Gasteiger partial charge on any atom is -0.323 e. The summed E-state index contributed by atoms with van der Waals surface area (Å²) in [6.45, 7) is 4.39. The summed E-state index contributed by atoms with van der Waals surface area (Å²) >= 11 is 4.11. The van der Waals surface area contributed by atoms with Crippen LogP contribution in [0.2, 0.25) is 0 Å². The van der Waals surface area contributed by atoms with E-state index >= 15 is 0 Å². The number of pyridine rings is 1. The van der Waals surface area contributed by atoms with E-state index in [4.69, 9.17) is 5.73 Å². The molecule has 0 radical (unpaired) electrons. The van der Waals surface area contributed by atoms with Gasteiger partial charge in [-0.25, -0.2) is 0 Å². The van der Waals surface area contributed by atoms with Crippen LogP contribution in [0.15, 0.2) is 18.5 Å². The summed E-state index contributed by atoms with van der Waals surface area (Å²) in [6.07, 6.45) is 4.98. The average Bonchev–Trinajstić information content (AvgIpc) is 2.38. The number of hydrogen-bond donors (Lipinski definition) is 1. The van der Waals surface area contributed by atoms with Gasteiger partial charge >= 0.3 is 0 Å². The molecule has 1 saturated heterocycles. The molecule has 0 amide bonds. The SMILES string of the molecule is CCC1SCCSC1C(N)c1cnccc1C. The van der Waals surface area contributed by atoms with Gasteiger partial charge in [-0.3, -0.25) is 4.98 Å². The highest BCUT2D eigenvalue weighted by Crippen LogP contribution is 2.39. The zero-order chi connectivity index (χ0) is 12.3. The van der Waals surface area contributed by atoms with Crippen molar-refractivity contribution in [3.8, 4) is 0 Å². The fourth-order valence-corrected chi connectivity index (χ4v) is 5.44. The van der Waals surface area contributed by atoms with E-state index in [-0.39, 0.29) is 6.04 Å². The molecule has 4 heteroatoms. The first-order valence-electron chi connectivity index (χ1n) is 6.13. The Labute approximate surface area is 112 Å². The number of rotatable bonds is 3. The van der Waals surface area contributed by atoms with Crippen LogP contribution in [-0.4, -0.2) is 27.0 Å². The van der Waals surface area contributed by atoms with Crippen molar-refractivity contribution in [1.82, 2.24) is 4.98 Å². The van der Waals surface area contributed by atoms with Crippen molar-refractivity contribution >= 4 is 23.5 Å². The van der Waals surface area contributed by atoms with Crippen LogP contribution in [-0.2, 0) is 0 Å². The lowest BCUT2D eigenvalue weighted by Gasteiger charge is -2.34. The van der Waals surface area contributed by atoms with Gasteiger partial charge < -0.3 is 5.73 Å². The third-order valence-electron chi connectivity index (χ3n) is 3.29. The Bertz CT molecular complexity index is 370. The van der Waals surface area contributed by atoms with Crippen molar-refractivity contribution in [1.29, 1.82) is 0 Å². The molecule has 2 nitrogen and oxygen atoms in total. The number of nitrogens with zero attached hydrogens (tertiary/aromatic N) is 1. The van der Waals surface area contributed by atoms with Crippen LogP contribution in [0.25, 0.3) is 0 Å². The smallest absolute Gasteiger partial charge is 0.0444 e. The number of thioether (sulfide) groups is 2. The first-order chi connectivity index (χ1) is 8.24. The Hall–Kier alpha value is -0.190. The minimum absolute atomic E-state index is 0.117. The highest BCUT2D eigenvalue weighted by molar-refractivity contribution is 8.07. The van der Waals surface area contributed by atoms with Crippen LogP contribution in [0, 0.1) is 6.92 Å². The number of aryl methyl sites for hydroxylation is 1. The third kappa shape index (κ3) is 2.98. The van der Waals surface area contributed by atoms with E-state index in [2.05, 4.69) is 36.7 Å². The van der Waals surface area contributed by atoms with Crippen LogP contribution in [0.1, 0.15) is 30.5 Å². The van der Waals surface area contributed by atoms with E-state index in [9.17, 15) is 0 Å². The summed E-state index contributed by atoms with van der Waals surface area (Å²) in [6, 6.07) is 2.17. The van der Waals surface area contributed by atoms with Gasteiger partial charge in [-0.2, -0.15) is 23.5 Å². The molecule has 0 aromatic carbocycles. The normalized spacial score (nSPS) is 26.8. The Morgan fingerprint density at radius 2 is 2.24 bits per heavy atom. The second-order valence-corrected chi connectivity index (χ2v) is 7.04. The zero-order valence-electron chi connectivity index (χ0n) is 10.4. The second-order valence-electron chi connectivity index (χ2n) is 4.41. The molecule has 1 aliphatic rings. The summed E-state index contributed by atoms with van der Waals surface area (Å²) in [7, 11) is 0. The number of hydrogen-bond acceptors (Lipinski definition) is 4. The summed E-state index contributed by atoms with van der Waals surface area (Å²) in [5, 5.41) is 1.21. The monoisotopic (exact) mass is 268 g/mol. The molecule has 0 aliphatic carbocycles. The van der Waals surface area contributed by atoms with Gasteiger partial charge in [-0.05, 0) is 30.5 Å².